The number of urea groups is 1. The fraction of sp³-hybridized carbons (Fsp3) is 0.409. The molecular weight excluding hydrogens is 424 g/mol. The lowest BCUT2D eigenvalue weighted by Crippen LogP contribution is -2.46. The molecule has 1 unspecified atom stereocenters. The van der Waals surface area contributed by atoms with Gasteiger partial charge in [0.25, 0.3) is 0 Å². The number of hydrogen-bond acceptors (Lipinski definition) is 4. The minimum atomic E-state index is -4.10. The molecule has 0 spiro atoms. The van der Waals surface area contributed by atoms with Crippen LogP contribution in [0.4, 0.5) is 4.79 Å². The minimum Gasteiger partial charge on any atom is -0.379 e. The highest BCUT2D eigenvalue weighted by molar-refractivity contribution is 7.87. The van der Waals surface area contributed by atoms with E-state index in [0.717, 1.165) is 12.0 Å². The number of hydrogen-bond donors (Lipinski definition) is 1. The normalized spacial score (nSPS) is 12.5. The van der Waals surface area contributed by atoms with Crippen molar-refractivity contribution in [2.45, 2.75) is 64.6 Å². The Morgan fingerprint density at radius 3 is 2.43 bits per heavy atom. The molecule has 30 heavy (non-hydrogen) atoms. The monoisotopic (exact) mass is 452 g/mol. The first kappa shape index (κ1) is 24.0. The highest BCUT2D eigenvalue weighted by Gasteiger charge is 2.24. The van der Waals surface area contributed by atoms with Crippen molar-refractivity contribution in [3.8, 4) is 5.75 Å². The van der Waals surface area contributed by atoms with Gasteiger partial charge in [0.15, 0.2) is 0 Å². The van der Waals surface area contributed by atoms with Crippen molar-refractivity contribution in [3.63, 3.8) is 0 Å². The highest BCUT2D eigenvalue weighted by atomic mass is 35.5. The van der Waals surface area contributed by atoms with Gasteiger partial charge in [-0.15, -0.1) is 0 Å². The first-order valence-electron chi connectivity index (χ1n) is 9.90. The van der Waals surface area contributed by atoms with E-state index in [0.29, 0.717) is 12.1 Å². The molecule has 0 aliphatic carbocycles. The molecule has 1 atom stereocenters. The number of aryl methyl sites for hydroxylation is 1. The third-order valence-electron chi connectivity index (χ3n) is 4.67. The van der Waals surface area contributed by atoms with Crippen LogP contribution in [-0.2, 0) is 16.7 Å². The predicted molar refractivity (Wildman–Crippen MR) is 119 cm³/mol. The Morgan fingerprint density at radius 2 is 1.83 bits per heavy atom. The van der Waals surface area contributed by atoms with E-state index in [1.54, 1.807) is 42.2 Å². The molecule has 0 aromatic heterocycles. The highest BCUT2D eigenvalue weighted by Crippen LogP contribution is 2.28. The second-order valence-corrected chi connectivity index (χ2v) is 9.45. The van der Waals surface area contributed by atoms with Gasteiger partial charge in [-0.3, -0.25) is 0 Å². The standard InChI is InChI=1S/C22H29ClN2O4S/c1-6-17(5)25(22(26)24-15(2)3)14-18-10-8-11-19(13-18)29-30(27,28)21-16(4)9-7-12-20(21)23/h7-13,15,17H,6,14H2,1-5H3,(H,24,26). The molecule has 2 aromatic carbocycles. The Hall–Kier alpha value is -2.25. The van der Waals surface area contributed by atoms with Crippen LogP contribution in [0.15, 0.2) is 47.4 Å². The van der Waals surface area contributed by atoms with Crippen LogP contribution in [-0.4, -0.2) is 31.4 Å². The summed E-state index contributed by atoms with van der Waals surface area (Å²) < 4.78 is 30.9. The molecule has 0 saturated carbocycles. The summed E-state index contributed by atoms with van der Waals surface area (Å²) in [6, 6.07) is 11.5. The van der Waals surface area contributed by atoms with Crippen molar-refractivity contribution in [2.75, 3.05) is 0 Å². The maximum atomic E-state index is 12.8. The van der Waals surface area contributed by atoms with Gasteiger partial charge >= 0.3 is 16.1 Å². The van der Waals surface area contributed by atoms with E-state index in [4.69, 9.17) is 15.8 Å². The van der Waals surface area contributed by atoms with Crippen molar-refractivity contribution in [2.24, 2.45) is 0 Å². The molecular formula is C22H29ClN2O4S. The van der Waals surface area contributed by atoms with Crippen molar-refractivity contribution >= 4 is 27.8 Å². The second kappa shape index (κ2) is 10.2. The number of nitrogens with one attached hydrogen (secondary N) is 1. The average molecular weight is 453 g/mol. The molecule has 2 amide bonds. The van der Waals surface area contributed by atoms with Crippen LogP contribution in [0.2, 0.25) is 5.02 Å². The van der Waals surface area contributed by atoms with Gasteiger partial charge in [-0.25, -0.2) is 4.79 Å². The van der Waals surface area contributed by atoms with Crippen LogP contribution in [0.3, 0.4) is 0 Å². The Labute approximate surface area is 184 Å². The average Bonchev–Trinajstić information content (AvgIpc) is 2.64. The van der Waals surface area contributed by atoms with Gasteiger partial charge in [0.05, 0.1) is 5.02 Å². The number of nitrogens with zero attached hydrogens (tertiary/aromatic N) is 1. The number of rotatable bonds is 8. The fourth-order valence-corrected chi connectivity index (χ4v) is 4.69. The van der Waals surface area contributed by atoms with Crippen LogP contribution >= 0.6 is 11.6 Å². The van der Waals surface area contributed by atoms with E-state index in [1.165, 1.54) is 6.07 Å². The summed E-state index contributed by atoms with van der Waals surface area (Å²) in [6.45, 7) is 9.79. The lowest BCUT2D eigenvalue weighted by molar-refractivity contribution is 0.171. The molecule has 0 bridgehead atoms. The van der Waals surface area contributed by atoms with Gasteiger partial charge in [0.1, 0.15) is 10.6 Å². The molecule has 0 aliphatic rings. The molecule has 6 nitrogen and oxygen atoms in total. The smallest absolute Gasteiger partial charge is 0.340 e. The molecule has 1 N–H and O–H groups in total. The van der Waals surface area contributed by atoms with Crippen molar-refractivity contribution in [3.05, 3.63) is 58.6 Å². The third-order valence-corrected chi connectivity index (χ3v) is 6.55. The summed E-state index contributed by atoms with van der Waals surface area (Å²) in [4.78, 5) is 14.3. The van der Waals surface area contributed by atoms with Gasteiger partial charge in [-0.2, -0.15) is 8.42 Å². The summed E-state index contributed by atoms with van der Waals surface area (Å²) in [6.07, 6.45) is 0.794. The minimum absolute atomic E-state index is 0.0164. The van der Waals surface area contributed by atoms with E-state index < -0.39 is 10.1 Å². The summed E-state index contributed by atoms with van der Waals surface area (Å²) in [5.41, 5.74) is 1.27. The van der Waals surface area contributed by atoms with Crippen LogP contribution in [0.25, 0.3) is 0 Å². The Balaban J connectivity index is 2.27. The lowest BCUT2D eigenvalue weighted by atomic mass is 10.1. The van der Waals surface area contributed by atoms with Gasteiger partial charge in [0, 0.05) is 18.6 Å². The zero-order chi connectivity index (χ0) is 22.5. The molecule has 0 radical (unpaired) electrons. The van der Waals surface area contributed by atoms with E-state index >= 15 is 0 Å². The van der Waals surface area contributed by atoms with Gasteiger partial charge in [-0.05, 0) is 63.4 Å². The van der Waals surface area contributed by atoms with Gasteiger partial charge in [0.2, 0.25) is 0 Å². The first-order valence-corrected chi connectivity index (χ1v) is 11.7. The summed E-state index contributed by atoms with van der Waals surface area (Å²) in [7, 11) is -4.10. The van der Waals surface area contributed by atoms with Gasteiger partial charge < -0.3 is 14.4 Å². The predicted octanol–water partition coefficient (Wildman–Crippen LogP) is 5.13. The number of amides is 2. The second-order valence-electron chi connectivity index (χ2n) is 7.56. The van der Waals surface area contributed by atoms with Crippen molar-refractivity contribution in [1.82, 2.24) is 10.2 Å². The lowest BCUT2D eigenvalue weighted by Gasteiger charge is -2.30. The van der Waals surface area contributed by atoms with E-state index in [-0.39, 0.29) is 33.8 Å². The largest absolute Gasteiger partial charge is 0.379 e. The Bertz CT molecular complexity index is 972. The number of halogens is 1. The maximum absolute atomic E-state index is 12.8. The zero-order valence-corrected chi connectivity index (χ0v) is 19.5. The van der Waals surface area contributed by atoms with Crippen molar-refractivity contribution in [1.29, 1.82) is 0 Å². The number of carbonyl (C=O) groups excluding carboxylic acids is 1. The summed E-state index contributed by atoms with van der Waals surface area (Å²) in [5, 5.41) is 3.02. The molecule has 164 valence electrons. The van der Waals surface area contributed by atoms with E-state index in [1.807, 2.05) is 33.8 Å². The van der Waals surface area contributed by atoms with Crippen molar-refractivity contribution < 1.29 is 17.4 Å². The summed E-state index contributed by atoms with van der Waals surface area (Å²) >= 11 is 6.10. The Kier molecular flexibility index (Phi) is 8.15. The molecule has 2 aromatic rings. The molecule has 0 heterocycles. The van der Waals surface area contributed by atoms with Gasteiger partial charge in [-0.1, -0.05) is 42.8 Å². The Morgan fingerprint density at radius 1 is 1.17 bits per heavy atom. The quantitative estimate of drug-likeness (QED) is 0.563. The van der Waals surface area contributed by atoms with E-state index in [2.05, 4.69) is 5.32 Å². The summed E-state index contributed by atoms with van der Waals surface area (Å²) in [5.74, 6) is 0.167. The van der Waals surface area contributed by atoms with Crippen LogP contribution in [0.1, 0.15) is 45.2 Å². The molecule has 0 fully saturated rings. The molecule has 8 heteroatoms. The van der Waals surface area contributed by atoms with Crippen LogP contribution in [0.5, 0.6) is 5.75 Å². The zero-order valence-electron chi connectivity index (χ0n) is 18.0. The maximum Gasteiger partial charge on any atom is 0.340 e. The SMILES string of the molecule is CCC(C)N(Cc1cccc(OS(=O)(=O)c2c(C)cccc2Cl)c1)C(=O)NC(C)C. The molecule has 0 aliphatic heterocycles. The first-order chi connectivity index (χ1) is 14.0. The van der Waals surface area contributed by atoms with E-state index in [9.17, 15) is 13.2 Å². The fourth-order valence-electron chi connectivity index (χ4n) is 2.97. The third kappa shape index (κ3) is 6.12. The topological polar surface area (TPSA) is 75.7 Å². The van der Waals surface area contributed by atoms with Crippen LogP contribution in [0, 0.1) is 6.92 Å². The molecule has 0 saturated heterocycles. The number of carbonyl (C=O) groups is 1. The number of benzene rings is 2. The molecule has 2 rings (SSSR count). The van der Waals surface area contributed by atoms with Crippen LogP contribution < -0.4 is 9.50 Å².